The van der Waals surface area contributed by atoms with Gasteiger partial charge in [0.25, 0.3) is 5.91 Å². The van der Waals surface area contributed by atoms with Gasteiger partial charge in [0.2, 0.25) is 5.95 Å². The minimum Gasteiger partial charge on any atom is -0.495 e. The predicted octanol–water partition coefficient (Wildman–Crippen LogP) is 4.08. The Morgan fingerprint density at radius 2 is 1.69 bits per heavy atom. The first kappa shape index (κ1) is 18.7. The second-order valence-corrected chi connectivity index (χ2v) is 6.82. The summed E-state index contributed by atoms with van der Waals surface area (Å²) in [6, 6.07) is 15.5. The summed E-state index contributed by atoms with van der Waals surface area (Å²) in [6.45, 7) is 2.24. The van der Waals surface area contributed by atoms with Crippen LogP contribution in [0, 0.1) is 0 Å². The van der Waals surface area contributed by atoms with Crippen molar-refractivity contribution < 1.29 is 9.53 Å². The standard InChI is InChI=1S/C22H23N5O2/c1-29-20-7-3-2-6-19(20)26-21(28)16-14-23-22(24-15-16)25-17-8-10-18(11-9-17)27-12-4-5-13-27/h2-3,6-11,14-15H,4-5,12-13H2,1H3,(H,26,28)(H,23,24,25). The number of methoxy groups -OCH3 is 1. The SMILES string of the molecule is COc1ccccc1NC(=O)c1cnc(Nc2ccc(N3CCCC3)cc2)nc1. The van der Waals surface area contributed by atoms with E-state index in [1.165, 1.54) is 30.9 Å². The molecule has 1 fully saturated rings. The molecule has 3 aromatic rings. The number of anilines is 4. The van der Waals surface area contributed by atoms with Gasteiger partial charge in [-0.15, -0.1) is 0 Å². The second kappa shape index (κ2) is 8.60. The normalized spacial score (nSPS) is 13.2. The Bertz CT molecular complexity index is 967. The summed E-state index contributed by atoms with van der Waals surface area (Å²) < 4.78 is 5.25. The van der Waals surface area contributed by atoms with Gasteiger partial charge in [-0.25, -0.2) is 9.97 Å². The van der Waals surface area contributed by atoms with Crippen molar-refractivity contribution in [3.8, 4) is 5.75 Å². The molecule has 4 rings (SSSR count). The quantitative estimate of drug-likeness (QED) is 0.661. The van der Waals surface area contributed by atoms with Gasteiger partial charge in [0.15, 0.2) is 0 Å². The number of amides is 1. The molecule has 0 unspecified atom stereocenters. The third-order valence-electron chi connectivity index (χ3n) is 4.86. The molecular formula is C22H23N5O2. The molecule has 0 spiro atoms. The minimum atomic E-state index is -0.295. The smallest absolute Gasteiger partial charge is 0.258 e. The molecule has 0 aliphatic carbocycles. The fourth-order valence-electron chi connectivity index (χ4n) is 3.31. The van der Waals surface area contributed by atoms with Crippen molar-refractivity contribution in [3.63, 3.8) is 0 Å². The molecule has 0 atom stereocenters. The van der Waals surface area contributed by atoms with Crippen molar-refractivity contribution in [2.24, 2.45) is 0 Å². The summed E-state index contributed by atoms with van der Waals surface area (Å²) in [5.41, 5.74) is 3.10. The van der Waals surface area contributed by atoms with Crippen molar-refractivity contribution in [2.75, 3.05) is 35.7 Å². The molecule has 2 aromatic carbocycles. The molecule has 29 heavy (non-hydrogen) atoms. The molecule has 7 nitrogen and oxygen atoms in total. The van der Waals surface area contributed by atoms with E-state index in [0.29, 0.717) is 22.9 Å². The predicted molar refractivity (Wildman–Crippen MR) is 114 cm³/mol. The third kappa shape index (κ3) is 4.45. The number of aromatic nitrogens is 2. The number of nitrogens with zero attached hydrogens (tertiary/aromatic N) is 3. The third-order valence-corrected chi connectivity index (χ3v) is 4.86. The number of carbonyl (C=O) groups excluding carboxylic acids is 1. The highest BCUT2D eigenvalue weighted by atomic mass is 16.5. The first-order valence-electron chi connectivity index (χ1n) is 9.61. The Labute approximate surface area is 169 Å². The van der Waals surface area contributed by atoms with Gasteiger partial charge in [0.05, 0.1) is 18.4 Å². The molecule has 1 amide bonds. The first-order chi connectivity index (χ1) is 14.2. The summed E-state index contributed by atoms with van der Waals surface area (Å²) in [6.07, 6.45) is 5.51. The summed E-state index contributed by atoms with van der Waals surface area (Å²) >= 11 is 0. The lowest BCUT2D eigenvalue weighted by molar-refractivity contribution is 0.102. The van der Waals surface area contributed by atoms with Crippen LogP contribution in [-0.2, 0) is 0 Å². The van der Waals surface area contributed by atoms with Gasteiger partial charge in [0, 0.05) is 36.9 Å². The summed E-state index contributed by atoms with van der Waals surface area (Å²) in [7, 11) is 1.56. The van der Waals surface area contributed by atoms with Gasteiger partial charge in [-0.3, -0.25) is 4.79 Å². The molecule has 1 aliphatic heterocycles. The molecular weight excluding hydrogens is 366 g/mol. The minimum absolute atomic E-state index is 0.295. The number of carbonyl (C=O) groups is 1. The number of para-hydroxylation sites is 2. The van der Waals surface area contributed by atoms with E-state index in [-0.39, 0.29) is 5.91 Å². The maximum Gasteiger partial charge on any atom is 0.258 e. The largest absolute Gasteiger partial charge is 0.495 e. The Hall–Kier alpha value is -3.61. The van der Waals surface area contributed by atoms with Gasteiger partial charge in [-0.1, -0.05) is 12.1 Å². The van der Waals surface area contributed by atoms with E-state index in [1.54, 1.807) is 19.2 Å². The monoisotopic (exact) mass is 389 g/mol. The van der Waals surface area contributed by atoms with E-state index in [0.717, 1.165) is 18.8 Å². The Kier molecular flexibility index (Phi) is 5.56. The van der Waals surface area contributed by atoms with Crippen LogP contribution in [-0.4, -0.2) is 36.1 Å². The highest BCUT2D eigenvalue weighted by Crippen LogP contribution is 2.24. The second-order valence-electron chi connectivity index (χ2n) is 6.82. The number of ether oxygens (including phenoxy) is 1. The first-order valence-corrected chi connectivity index (χ1v) is 9.61. The number of hydrogen-bond acceptors (Lipinski definition) is 6. The number of rotatable bonds is 6. The van der Waals surface area contributed by atoms with Gasteiger partial charge in [0.1, 0.15) is 5.75 Å². The van der Waals surface area contributed by atoms with Gasteiger partial charge < -0.3 is 20.3 Å². The molecule has 1 saturated heterocycles. The van der Waals surface area contributed by atoms with E-state index in [2.05, 4.69) is 37.6 Å². The lowest BCUT2D eigenvalue weighted by atomic mass is 10.2. The van der Waals surface area contributed by atoms with Crippen LogP contribution >= 0.6 is 0 Å². The van der Waals surface area contributed by atoms with E-state index in [1.807, 2.05) is 24.3 Å². The van der Waals surface area contributed by atoms with Crippen LogP contribution in [0.25, 0.3) is 0 Å². The van der Waals surface area contributed by atoms with Crippen LogP contribution in [0.2, 0.25) is 0 Å². The Morgan fingerprint density at radius 1 is 1.00 bits per heavy atom. The molecule has 2 heterocycles. The molecule has 148 valence electrons. The molecule has 1 aromatic heterocycles. The zero-order chi connectivity index (χ0) is 20.1. The van der Waals surface area contributed by atoms with Crippen molar-refractivity contribution in [1.82, 2.24) is 9.97 Å². The average Bonchev–Trinajstić information content (AvgIpc) is 3.30. The molecule has 7 heteroatoms. The van der Waals surface area contributed by atoms with Crippen molar-refractivity contribution in [1.29, 1.82) is 0 Å². The van der Waals surface area contributed by atoms with Crippen molar-refractivity contribution in [3.05, 3.63) is 66.5 Å². The Morgan fingerprint density at radius 3 is 2.38 bits per heavy atom. The fourth-order valence-corrected chi connectivity index (χ4v) is 3.31. The van der Waals surface area contributed by atoms with E-state index in [9.17, 15) is 4.79 Å². The van der Waals surface area contributed by atoms with Crippen LogP contribution in [0.15, 0.2) is 60.9 Å². The van der Waals surface area contributed by atoms with Crippen molar-refractivity contribution >= 4 is 28.9 Å². The maximum absolute atomic E-state index is 12.4. The van der Waals surface area contributed by atoms with Crippen LogP contribution in [0.5, 0.6) is 5.75 Å². The number of benzene rings is 2. The molecule has 0 radical (unpaired) electrons. The molecule has 0 bridgehead atoms. The van der Waals surface area contributed by atoms with Crippen LogP contribution in [0.3, 0.4) is 0 Å². The fraction of sp³-hybridized carbons (Fsp3) is 0.227. The van der Waals surface area contributed by atoms with E-state index >= 15 is 0 Å². The van der Waals surface area contributed by atoms with Crippen LogP contribution in [0.1, 0.15) is 23.2 Å². The molecule has 2 N–H and O–H groups in total. The van der Waals surface area contributed by atoms with Crippen LogP contribution < -0.4 is 20.3 Å². The number of nitrogens with one attached hydrogen (secondary N) is 2. The summed E-state index contributed by atoms with van der Waals surface area (Å²) in [5.74, 6) is 0.737. The van der Waals surface area contributed by atoms with Gasteiger partial charge in [-0.05, 0) is 49.2 Å². The zero-order valence-electron chi connectivity index (χ0n) is 16.3. The highest BCUT2D eigenvalue weighted by molar-refractivity contribution is 6.04. The van der Waals surface area contributed by atoms with Crippen LogP contribution in [0.4, 0.5) is 23.0 Å². The maximum atomic E-state index is 12.4. The van der Waals surface area contributed by atoms with E-state index in [4.69, 9.17) is 4.74 Å². The lowest BCUT2D eigenvalue weighted by Crippen LogP contribution is -2.17. The summed E-state index contributed by atoms with van der Waals surface area (Å²) in [4.78, 5) is 23.3. The summed E-state index contributed by atoms with van der Waals surface area (Å²) in [5, 5.41) is 5.97. The Balaban J connectivity index is 1.39. The van der Waals surface area contributed by atoms with Crippen molar-refractivity contribution in [2.45, 2.75) is 12.8 Å². The average molecular weight is 389 g/mol. The zero-order valence-corrected chi connectivity index (χ0v) is 16.3. The molecule has 0 saturated carbocycles. The van der Waals surface area contributed by atoms with Gasteiger partial charge in [-0.2, -0.15) is 0 Å². The lowest BCUT2D eigenvalue weighted by Gasteiger charge is -2.17. The van der Waals surface area contributed by atoms with Gasteiger partial charge >= 0.3 is 0 Å². The number of hydrogen-bond donors (Lipinski definition) is 2. The van der Waals surface area contributed by atoms with E-state index < -0.39 is 0 Å². The highest BCUT2D eigenvalue weighted by Gasteiger charge is 2.13. The topological polar surface area (TPSA) is 79.4 Å². The molecule has 1 aliphatic rings.